The topological polar surface area (TPSA) is 65.2 Å². The van der Waals surface area contributed by atoms with Crippen LogP contribution < -0.4 is 10.9 Å². The number of rotatable bonds is 6. The molecule has 1 fully saturated rings. The third kappa shape index (κ3) is 5.10. The summed E-state index contributed by atoms with van der Waals surface area (Å²) in [6.45, 7) is 6.60. The Morgan fingerprint density at radius 3 is 2.32 bits per heavy atom. The van der Waals surface area contributed by atoms with Crippen molar-refractivity contribution in [1.29, 1.82) is 0 Å². The van der Waals surface area contributed by atoms with Gasteiger partial charge in [-0.3, -0.25) is 14.5 Å². The molecule has 150 valence electrons. The van der Waals surface area contributed by atoms with Crippen molar-refractivity contribution in [2.75, 3.05) is 19.6 Å². The number of nitrogens with one attached hydrogen (secondary N) is 2. The van der Waals surface area contributed by atoms with Gasteiger partial charge in [0, 0.05) is 12.2 Å². The maximum atomic E-state index is 12.7. The molecule has 1 aromatic heterocycles. The first kappa shape index (κ1) is 20.3. The van der Waals surface area contributed by atoms with E-state index in [1.54, 1.807) is 6.07 Å². The van der Waals surface area contributed by atoms with Gasteiger partial charge in [0.15, 0.2) is 0 Å². The second-order valence-corrected chi connectivity index (χ2v) is 7.90. The van der Waals surface area contributed by atoms with Crippen molar-refractivity contribution in [2.24, 2.45) is 0 Å². The average Bonchev–Trinajstić information content (AvgIpc) is 2.98. The van der Waals surface area contributed by atoms with E-state index in [0.29, 0.717) is 6.54 Å². The number of pyridine rings is 1. The van der Waals surface area contributed by atoms with Crippen LogP contribution in [0, 0.1) is 0 Å². The molecule has 28 heavy (non-hydrogen) atoms. The van der Waals surface area contributed by atoms with Gasteiger partial charge in [-0.1, -0.05) is 57.0 Å². The Bertz CT molecular complexity index is 821. The van der Waals surface area contributed by atoms with Crippen LogP contribution in [0.4, 0.5) is 0 Å². The molecule has 2 heterocycles. The zero-order valence-electron chi connectivity index (χ0n) is 16.9. The highest BCUT2D eigenvalue weighted by molar-refractivity contribution is 5.93. The molecule has 1 saturated heterocycles. The fourth-order valence-electron chi connectivity index (χ4n) is 3.83. The van der Waals surface area contributed by atoms with Crippen molar-refractivity contribution in [3.05, 3.63) is 69.6 Å². The van der Waals surface area contributed by atoms with Gasteiger partial charge < -0.3 is 10.3 Å². The van der Waals surface area contributed by atoms with Crippen LogP contribution in [-0.4, -0.2) is 35.4 Å². The summed E-state index contributed by atoms with van der Waals surface area (Å²) in [5, 5.41) is 3.00. The lowest BCUT2D eigenvalue weighted by molar-refractivity contribution is 0.0931. The number of hydrogen-bond acceptors (Lipinski definition) is 3. The molecule has 0 bridgehead atoms. The van der Waals surface area contributed by atoms with E-state index >= 15 is 0 Å². The van der Waals surface area contributed by atoms with Crippen LogP contribution in [0.1, 0.15) is 73.1 Å². The Morgan fingerprint density at radius 1 is 1.04 bits per heavy atom. The summed E-state index contributed by atoms with van der Waals surface area (Å²) in [5.74, 6) is -0.0948. The smallest absolute Gasteiger partial charge is 0.261 e. The molecule has 0 unspecified atom stereocenters. The molecule has 3 rings (SSSR count). The van der Waals surface area contributed by atoms with Crippen LogP contribution in [0.2, 0.25) is 0 Å². The van der Waals surface area contributed by atoms with Crippen LogP contribution in [0.5, 0.6) is 0 Å². The number of aromatic amines is 1. The number of benzene rings is 1. The number of hydrogen-bond donors (Lipinski definition) is 2. The lowest BCUT2D eigenvalue weighted by Gasteiger charge is -2.31. The number of carbonyl (C=O) groups is 1. The van der Waals surface area contributed by atoms with E-state index in [1.165, 1.54) is 31.2 Å². The van der Waals surface area contributed by atoms with Crippen molar-refractivity contribution in [3.63, 3.8) is 0 Å². The van der Waals surface area contributed by atoms with Crippen molar-refractivity contribution >= 4 is 5.91 Å². The van der Waals surface area contributed by atoms with E-state index in [9.17, 15) is 9.59 Å². The van der Waals surface area contributed by atoms with Crippen LogP contribution in [-0.2, 0) is 0 Å². The molecule has 2 aromatic rings. The largest absolute Gasteiger partial charge is 0.350 e. The third-order valence-electron chi connectivity index (χ3n) is 5.52. The number of H-pyrrole nitrogens is 1. The number of amides is 1. The normalized spacial score (nSPS) is 16.5. The minimum absolute atomic E-state index is 0.122. The van der Waals surface area contributed by atoms with Crippen molar-refractivity contribution in [3.8, 4) is 0 Å². The molecule has 0 spiro atoms. The second kappa shape index (κ2) is 9.69. The summed E-state index contributed by atoms with van der Waals surface area (Å²) in [6.07, 6.45) is 4.91. The van der Waals surface area contributed by atoms with Gasteiger partial charge in [0.25, 0.3) is 11.5 Å². The molecule has 5 heteroatoms. The van der Waals surface area contributed by atoms with Gasteiger partial charge in [-0.2, -0.15) is 0 Å². The van der Waals surface area contributed by atoms with Crippen LogP contribution in [0.3, 0.4) is 0 Å². The van der Waals surface area contributed by atoms with E-state index in [0.717, 1.165) is 18.8 Å². The van der Waals surface area contributed by atoms with Crippen molar-refractivity contribution in [2.45, 2.75) is 51.5 Å². The van der Waals surface area contributed by atoms with Gasteiger partial charge >= 0.3 is 0 Å². The van der Waals surface area contributed by atoms with E-state index in [1.807, 2.05) is 38.1 Å². The number of likely N-dealkylation sites (tertiary alicyclic amines) is 1. The summed E-state index contributed by atoms with van der Waals surface area (Å²) < 4.78 is 0. The van der Waals surface area contributed by atoms with E-state index in [4.69, 9.17) is 0 Å². The standard InChI is InChI=1S/C23H31N3O2/c1-17(2)20-13-12-19(23(28)25-20)22(27)24-16-21(18-10-6-5-7-11-18)26-14-8-3-4-9-15-26/h5-7,10-13,17,21H,3-4,8-9,14-16H2,1-2H3,(H,24,27)(H,25,28)/t21-/m0/s1. The maximum Gasteiger partial charge on any atom is 0.261 e. The number of nitrogens with zero attached hydrogens (tertiary/aromatic N) is 1. The number of aromatic nitrogens is 1. The highest BCUT2D eigenvalue weighted by atomic mass is 16.2. The number of carbonyl (C=O) groups excluding carboxylic acids is 1. The SMILES string of the molecule is CC(C)c1ccc(C(=O)NC[C@@H](c2ccccc2)N2CCCCCC2)c(=O)[nH]1. The minimum Gasteiger partial charge on any atom is -0.350 e. The zero-order valence-corrected chi connectivity index (χ0v) is 16.9. The monoisotopic (exact) mass is 381 g/mol. The molecular weight excluding hydrogens is 350 g/mol. The van der Waals surface area contributed by atoms with Crippen molar-refractivity contribution in [1.82, 2.24) is 15.2 Å². The van der Waals surface area contributed by atoms with Gasteiger partial charge in [-0.05, 0) is 49.5 Å². The summed E-state index contributed by atoms with van der Waals surface area (Å²) in [6, 6.07) is 13.9. The lowest BCUT2D eigenvalue weighted by atomic mass is 10.0. The summed E-state index contributed by atoms with van der Waals surface area (Å²) in [5.41, 5.74) is 1.89. The fourth-order valence-corrected chi connectivity index (χ4v) is 3.83. The summed E-state index contributed by atoms with van der Waals surface area (Å²) in [7, 11) is 0. The Kier molecular flexibility index (Phi) is 7.04. The Labute approximate surface area is 167 Å². The molecule has 0 aliphatic carbocycles. The molecule has 0 saturated carbocycles. The van der Waals surface area contributed by atoms with Gasteiger partial charge in [0.05, 0.1) is 6.04 Å². The second-order valence-electron chi connectivity index (χ2n) is 7.90. The van der Waals surface area contributed by atoms with Crippen LogP contribution >= 0.6 is 0 Å². The summed E-state index contributed by atoms with van der Waals surface area (Å²) in [4.78, 5) is 30.3. The van der Waals surface area contributed by atoms with E-state index < -0.39 is 0 Å². The minimum atomic E-state index is -0.324. The molecule has 1 atom stereocenters. The molecule has 0 radical (unpaired) electrons. The predicted octanol–water partition coefficient (Wildman–Crippen LogP) is 3.85. The van der Waals surface area contributed by atoms with Gasteiger partial charge in [0.2, 0.25) is 0 Å². The first-order valence-corrected chi connectivity index (χ1v) is 10.4. The Morgan fingerprint density at radius 2 is 1.71 bits per heavy atom. The average molecular weight is 382 g/mol. The van der Waals surface area contributed by atoms with Gasteiger partial charge in [-0.15, -0.1) is 0 Å². The first-order valence-electron chi connectivity index (χ1n) is 10.4. The first-order chi connectivity index (χ1) is 13.6. The third-order valence-corrected chi connectivity index (χ3v) is 5.52. The molecule has 1 aliphatic rings. The molecular formula is C23H31N3O2. The molecule has 1 aliphatic heterocycles. The highest BCUT2D eigenvalue weighted by Crippen LogP contribution is 2.23. The van der Waals surface area contributed by atoms with E-state index in [-0.39, 0.29) is 29.0 Å². The fraction of sp³-hybridized carbons (Fsp3) is 0.478. The Balaban J connectivity index is 1.74. The van der Waals surface area contributed by atoms with Gasteiger partial charge in [-0.25, -0.2) is 0 Å². The Hall–Kier alpha value is -2.40. The molecule has 1 aromatic carbocycles. The lowest BCUT2D eigenvalue weighted by Crippen LogP contribution is -2.40. The summed E-state index contributed by atoms with van der Waals surface area (Å²) >= 11 is 0. The predicted molar refractivity (Wildman–Crippen MR) is 113 cm³/mol. The van der Waals surface area contributed by atoms with Crippen LogP contribution in [0.25, 0.3) is 0 Å². The molecule has 2 N–H and O–H groups in total. The molecule has 1 amide bonds. The zero-order chi connectivity index (χ0) is 19.9. The van der Waals surface area contributed by atoms with Crippen molar-refractivity contribution < 1.29 is 4.79 Å². The quantitative estimate of drug-likeness (QED) is 0.799. The van der Waals surface area contributed by atoms with Crippen LogP contribution in [0.15, 0.2) is 47.3 Å². The molecule has 5 nitrogen and oxygen atoms in total. The highest BCUT2D eigenvalue weighted by Gasteiger charge is 2.23. The van der Waals surface area contributed by atoms with Gasteiger partial charge in [0.1, 0.15) is 5.56 Å². The van der Waals surface area contributed by atoms with E-state index in [2.05, 4.69) is 27.3 Å². The maximum absolute atomic E-state index is 12.7.